The normalized spacial score (nSPS) is 12.8. The zero-order chi connectivity index (χ0) is 16.2. The van der Waals surface area contributed by atoms with Crippen LogP contribution in [-0.4, -0.2) is 31.4 Å². The third-order valence-corrected chi connectivity index (χ3v) is 4.67. The van der Waals surface area contributed by atoms with Gasteiger partial charge in [0, 0.05) is 5.71 Å². The summed E-state index contributed by atoms with van der Waals surface area (Å²) in [5, 5.41) is 12.4. The van der Waals surface area contributed by atoms with E-state index in [1.165, 1.54) is 0 Å². The topological polar surface area (TPSA) is 108 Å². The summed E-state index contributed by atoms with van der Waals surface area (Å²) < 4.78 is 27.0. The Hall–Kier alpha value is -2.10. The molecule has 0 fully saturated rings. The predicted octanol–water partition coefficient (Wildman–Crippen LogP) is 2.00. The number of sulfonamides is 1. The van der Waals surface area contributed by atoms with Crippen molar-refractivity contribution in [1.29, 1.82) is 0 Å². The second-order valence-electron chi connectivity index (χ2n) is 4.26. The maximum Gasteiger partial charge on any atom is 0.267 e. The van der Waals surface area contributed by atoms with E-state index in [9.17, 15) is 8.42 Å². The zero-order valence-electron chi connectivity index (χ0n) is 11.9. The van der Waals surface area contributed by atoms with Crippen molar-refractivity contribution in [3.05, 3.63) is 35.9 Å². The molecule has 2 rings (SSSR count). The van der Waals surface area contributed by atoms with Crippen molar-refractivity contribution < 1.29 is 13.2 Å². The van der Waals surface area contributed by atoms with Crippen LogP contribution in [0, 0.1) is 0 Å². The van der Waals surface area contributed by atoms with E-state index in [0.29, 0.717) is 5.71 Å². The van der Waals surface area contributed by atoms with Crippen molar-refractivity contribution in [2.75, 3.05) is 7.11 Å². The lowest BCUT2D eigenvalue weighted by atomic mass is 10.2. The third kappa shape index (κ3) is 4.45. The second kappa shape index (κ2) is 6.77. The Morgan fingerprint density at radius 3 is 2.55 bits per heavy atom. The van der Waals surface area contributed by atoms with Crippen LogP contribution in [0.3, 0.4) is 0 Å². The number of aromatic nitrogens is 2. The van der Waals surface area contributed by atoms with Crippen LogP contribution in [0.25, 0.3) is 6.08 Å². The molecule has 2 aromatic rings. The van der Waals surface area contributed by atoms with Crippen molar-refractivity contribution in [1.82, 2.24) is 10.2 Å². The van der Waals surface area contributed by atoms with Gasteiger partial charge in [-0.2, -0.15) is 0 Å². The lowest BCUT2D eigenvalue weighted by molar-refractivity contribution is 0.415. The fourth-order valence-corrected chi connectivity index (χ4v) is 2.83. The molecule has 0 bridgehead atoms. The highest BCUT2D eigenvalue weighted by Crippen LogP contribution is 2.21. The minimum atomic E-state index is -3.83. The molecule has 9 heteroatoms. The van der Waals surface area contributed by atoms with Crippen molar-refractivity contribution in [3.63, 3.8) is 0 Å². The number of rotatable bonds is 5. The molecule has 116 valence electrons. The quantitative estimate of drug-likeness (QED) is 0.839. The summed E-state index contributed by atoms with van der Waals surface area (Å²) in [6, 6.07) is 7.53. The van der Waals surface area contributed by atoms with Gasteiger partial charge in [0.1, 0.15) is 5.75 Å². The van der Waals surface area contributed by atoms with Crippen LogP contribution < -0.4 is 9.88 Å². The Labute approximate surface area is 132 Å². The first-order chi connectivity index (χ1) is 10.4. The second-order valence-corrected chi connectivity index (χ2v) is 6.95. The van der Waals surface area contributed by atoms with Crippen LogP contribution in [0.2, 0.25) is 0 Å². The molecule has 0 saturated carbocycles. The molecule has 0 amide bonds. The van der Waals surface area contributed by atoms with E-state index in [2.05, 4.69) is 15.2 Å². The number of ether oxygens (including phenoxy) is 1. The van der Waals surface area contributed by atoms with E-state index in [-0.39, 0.29) is 9.47 Å². The Morgan fingerprint density at radius 2 is 2.00 bits per heavy atom. The Balaban J connectivity index is 2.11. The van der Waals surface area contributed by atoms with Crippen LogP contribution in [0.4, 0.5) is 5.13 Å². The van der Waals surface area contributed by atoms with Crippen LogP contribution in [0.15, 0.2) is 39.7 Å². The Bertz CT molecular complexity index is 808. The van der Waals surface area contributed by atoms with E-state index >= 15 is 0 Å². The molecule has 1 aromatic carbocycles. The predicted molar refractivity (Wildman–Crippen MR) is 86.1 cm³/mol. The van der Waals surface area contributed by atoms with Gasteiger partial charge in [0.2, 0.25) is 9.47 Å². The third-order valence-electron chi connectivity index (χ3n) is 2.54. The molecule has 0 atom stereocenters. The largest absolute Gasteiger partial charge is 0.497 e. The Kier molecular flexibility index (Phi) is 5.01. The van der Waals surface area contributed by atoms with Gasteiger partial charge in [0.05, 0.1) is 7.11 Å². The maximum absolute atomic E-state index is 11.1. The summed E-state index contributed by atoms with van der Waals surface area (Å²) in [6.45, 7) is 1.78. The first-order valence-electron chi connectivity index (χ1n) is 6.12. The molecular formula is C13H14N4O3S2. The van der Waals surface area contributed by atoms with Gasteiger partial charge in [-0.15, -0.1) is 10.2 Å². The molecule has 0 saturated heterocycles. The average molecular weight is 338 g/mol. The highest BCUT2D eigenvalue weighted by atomic mass is 32.2. The van der Waals surface area contributed by atoms with Gasteiger partial charge in [-0.05, 0) is 30.7 Å². The lowest BCUT2D eigenvalue weighted by Gasteiger charge is -1.98. The summed E-state index contributed by atoms with van der Waals surface area (Å²) >= 11 is 0.822. The van der Waals surface area contributed by atoms with E-state index in [4.69, 9.17) is 9.88 Å². The van der Waals surface area contributed by atoms with Gasteiger partial charge in [-0.25, -0.2) is 18.5 Å². The van der Waals surface area contributed by atoms with Gasteiger partial charge < -0.3 is 4.74 Å². The molecule has 22 heavy (non-hydrogen) atoms. The molecule has 2 N–H and O–H groups in total. The number of hydrogen-bond acceptors (Lipinski definition) is 7. The first-order valence-corrected chi connectivity index (χ1v) is 8.48. The number of methoxy groups -OCH3 is 1. The minimum Gasteiger partial charge on any atom is -0.497 e. The van der Waals surface area contributed by atoms with Gasteiger partial charge in [-0.1, -0.05) is 29.5 Å². The van der Waals surface area contributed by atoms with E-state index in [1.54, 1.807) is 20.1 Å². The SMILES string of the molecule is COc1ccc(/C=C/C(C)=N/c2nnc(S(N)(=O)=O)s2)cc1. The first kappa shape index (κ1) is 16.3. The number of benzene rings is 1. The van der Waals surface area contributed by atoms with Gasteiger partial charge in [-0.3, -0.25) is 0 Å². The molecule has 7 nitrogen and oxygen atoms in total. The monoisotopic (exact) mass is 338 g/mol. The van der Waals surface area contributed by atoms with Gasteiger partial charge in [0.15, 0.2) is 0 Å². The highest BCUT2D eigenvalue weighted by Gasteiger charge is 2.14. The summed E-state index contributed by atoms with van der Waals surface area (Å²) in [4.78, 5) is 4.17. The fraction of sp³-hybridized carbons (Fsp3) is 0.154. The van der Waals surface area contributed by atoms with Crippen molar-refractivity contribution in [3.8, 4) is 5.75 Å². The molecule has 0 aliphatic rings. The standard InChI is InChI=1S/C13H14N4O3S2/c1-9(3-4-10-5-7-11(20-2)8-6-10)15-12-16-17-13(21-12)22(14,18)19/h3-8H,1-2H3,(H2,14,18,19)/b4-3+,15-9+. The van der Waals surface area contributed by atoms with Crippen LogP contribution >= 0.6 is 11.3 Å². The number of allylic oxidation sites excluding steroid dienone is 1. The molecule has 0 radical (unpaired) electrons. The van der Waals surface area contributed by atoms with Crippen LogP contribution in [0.5, 0.6) is 5.75 Å². The van der Waals surface area contributed by atoms with Crippen LogP contribution in [-0.2, 0) is 10.0 Å². The number of hydrogen-bond donors (Lipinski definition) is 1. The number of aliphatic imine (C=N–C) groups is 1. The molecule has 0 aliphatic carbocycles. The Morgan fingerprint density at radius 1 is 1.32 bits per heavy atom. The van der Waals surface area contributed by atoms with E-state index in [0.717, 1.165) is 22.6 Å². The average Bonchev–Trinajstić information content (AvgIpc) is 2.94. The van der Waals surface area contributed by atoms with E-state index < -0.39 is 10.0 Å². The maximum atomic E-state index is 11.1. The highest BCUT2D eigenvalue weighted by molar-refractivity contribution is 7.91. The summed E-state index contributed by atoms with van der Waals surface area (Å²) in [5.74, 6) is 0.784. The molecule has 1 heterocycles. The molecule has 0 spiro atoms. The van der Waals surface area contributed by atoms with Crippen molar-refractivity contribution >= 4 is 38.3 Å². The molecule has 0 aliphatic heterocycles. The minimum absolute atomic E-state index is 0.237. The smallest absolute Gasteiger partial charge is 0.267 e. The molecular weight excluding hydrogens is 324 g/mol. The van der Waals surface area contributed by atoms with Crippen molar-refractivity contribution in [2.24, 2.45) is 10.1 Å². The van der Waals surface area contributed by atoms with Crippen molar-refractivity contribution in [2.45, 2.75) is 11.3 Å². The number of primary sulfonamides is 1. The summed E-state index contributed by atoms with van der Waals surface area (Å²) in [6.07, 6.45) is 3.67. The van der Waals surface area contributed by atoms with Gasteiger partial charge >= 0.3 is 0 Å². The molecule has 1 aromatic heterocycles. The summed E-state index contributed by atoms with van der Waals surface area (Å²) in [7, 11) is -2.22. The van der Waals surface area contributed by atoms with E-state index in [1.807, 2.05) is 30.3 Å². The van der Waals surface area contributed by atoms with Gasteiger partial charge in [0.25, 0.3) is 10.0 Å². The summed E-state index contributed by atoms with van der Waals surface area (Å²) in [5.41, 5.74) is 1.64. The fourth-order valence-electron chi connectivity index (χ4n) is 1.48. The lowest BCUT2D eigenvalue weighted by Crippen LogP contribution is -2.11. The number of nitrogens with zero attached hydrogens (tertiary/aromatic N) is 3. The molecule has 0 unspecified atom stereocenters. The van der Waals surface area contributed by atoms with Crippen LogP contribution in [0.1, 0.15) is 12.5 Å². The number of nitrogens with two attached hydrogens (primary N) is 1. The zero-order valence-corrected chi connectivity index (χ0v) is 13.6.